The Balaban J connectivity index is 1.55. The van der Waals surface area contributed by atoms with E-state index in [2.05, 4.69) is 4.72 Å². The maximum Gasteiger partial charge on any atom is 0.262 e. The first-order valence-corrected chi connectivity index (χ1v) is 13.2. The van der Waals surface area contributed by atoms with E-state index in [1.165, 1.54) is 0 Å². The largest absolute Gasteiger partial charge is 0.486 e. The molecule has 0 aliphatic carbocycles. The van der Waals surface area contributed by atoms with Crippen LogP contribution in [0, 0.1) is 13.8 Å². The van der Waals surface area contributed by atoms with Gasteiger partial charge in [0.25, 0.3) is 10.0 Å². The summed E-state index contributed by atoms with van der Waals surface area (Å²) in [6.45, 7) is 3.82. The molecular weight excluding hydrogens is 481 g/mol. The third-order valence-corrected chi connectivity index (χ3v) is 8.84. The number of anilines is 1. The average molecular weight is 501 g/mol. The van der Waals surface area contributed by atoms with Crippen molar-refractivity contribution in [3.63, 3.8) is 0 Å². The highest BCUT2D eigenvalue weighted by molar-refractivity contribution is 7.92. The van der Waals surface area contributed by atoms with Gasteiger partial charge in [0.15, 0.2) is 0 Å². The van der Waals surface area contributed by atoms with Gasteiger partial charge in [0, 0.05) is 27.1 Å². The maximum absolute atomic E-state index is 12.7. The van der Waals surface area contributed by atoms with E-state index in [0.29, 0.717) is 16.3 Å². The Kier molecular flexibility index (Phi) is 6.43. The molecule has 0 saturated heterocycles. The number of sulfonamides is 1. The molecular formula is C23H20N2O3S4. The molecule has 1 N–H and O–H groups in total. The predicted octanol–water partition coefficient (Wildman–Crippen LogP) is 6.28. The van der Waals surface area contributed by atoms with Crippen molar-refractivity contribution in [2.24, 2.45) is 0 Å². The summed E-state index contributed by atoms with van der Waals surface area (Å²) in [5.74, 6) is 0. The van der Waals surface area contributed by atoms with Gasteiger partial charge in [0.2, 0.25) is 5.05 Å². The van der Waals surface area contributed by atoms with Crippen molar-refractivity contribution in [3.8, 4) is 21.8 Å². The average Bonchev–Trinajstić information content (AvgIpc) is 3.40. The molecule has 0 unspecified atom stereocenters. The lowest BCUT2D eigenvalue weighted by atomic mass is 10.1. The highest BCUT2D eigenvalue weighted by Gasteiger charge is 2.17. The van der Waals surface area contributed by atoms with Crippen molar-refractivity contribution in [2.45, 2.75) is 18.7 Å². The first-order valence-electron chi connectivity index (χ1n) is 9.62. The summed E-state index contributed by atoms with van der Waals surface area (Å²) in [6, 6.07) is 16.1. The van der Waals surface area contributed by atoms with E-state index < -0.39 is 10.0 Å². The summed E-state index contributed by atoms with van der Waals surface area (Å²) in [6.07, 6.45) is 0. The topological polar surface area (TPSA) is 68.3 Å². The normalized spacial score (nSPS) is 11.3. The minimum absolute atomic E-state index is 0.270. The van der Waals surface area contributed by atoms with Gasteiger partial charge in [0.05, 0.1) is 22.6 Å². The quantitative estimate of drug-likeness (QED) is 0.316. The number of rotatable bonds is 6. The molecule has 9 heteroatoms. The van der Waals surface area contributed by atoms with Gasteiger partial charge in [-0.2, -0.15) is 0 Å². The van der Waals surface area contributed by atoms with Crippen molar-refractivity contribution >= 4 is 55.7 Å². The monoisotopic (exact) mass is 500 g/mol. The minimum atomic E-state index is -3.65. The van der Waals surface area contributed by atoms with Crippen molar-refractivity contribution in [2.75, 3.05) is 11.8 Å². The Morgan fingerprint density at radius 1 is 1.09 bits per heavy atom. The zero-order valence-electron chi connectivity index (χ0n) is 17.6. The summed E-state index contributed by atoms with van der Waals surface area (Å²) >= 11 is 8.38. The van der Waals surface area contributed by atoms with E-state index in [9.17, 15) is 8.42 Å². The number of hydrogen-bond donors (Lipinski definition) is 1. The smallest absolute Gasteiger partial charge is 0.262 e. The molecule has 0 radical (unpaired) electrons. The van der Waals surface area contributed by atoms with Gasteiger partial charge in [-0.05, 0) is 55.9 Å². The molecule has 0 saturated carbocycles. The molecule has 32 heavy (non-hydrogen) atoms. The number of hydrogen-bond acceptors (Lipinski definition) is 7. The molecule has 0 aliphatic rings. The van der Waals surface area contributed by atoms with Gasteiger partial charge < -0.3 is 4.74 Å². The number of nitrogens with zero attached hydrogens (tertiary/aromatic N) is 1. The summed E-state index contributed by atoms with van der Waals surface area (Å²) in [5.41, 5.74) is 3.98. The molecule has 2 aromatic carbocycles. The van der Waals surface area contributed by atoms with Gasteiger partial charge in [0.1, 0.15) is 5.01 Å². The Morgan fingerprint density at radius 2 is 1.81 bits per heavy atom. The van der Waals surface area contributed by atoms with Crippen LogP contribution in [0.25, 0.3) is 21.8 Å². The molecule has 4 aromatic rings. The van der Waals surface area contributed by atoms with Crippen molar-refractivity contribution in [1.29, 1.82) is 0 Å². The number of thiocarbonyl (C=S) groups is 1. The number of aryl methyl sites for hydroxylation is 2. The molecule has 0 aliphatic heterocycles. The number of thiazole rings is 1. The van der Waals surface area contributed by atoms with Gasteiger partial charge in [-0.3, -0.25) is 4.72 Å². The van der Waals surface area contributed by atoms with Crippen molar-refractivity contribution in [3.05, 3.63) is 75.3 Å². The lowest BCUT2D eigenvalue weighted by Gasteiger charge is -2.10. The molecule has 0 atom stereocenters. The summed E-state index contributed by atoms with van der Waals surface area (Å²) in [5, 5.41) is 3.38. The SMILES string of the molecule is COC(=S)c1cc(-c2nc(-c3ccc(NS(=O)(=O)c4ccccc4C)cc3)cs2)c(C)s1. The van der Waals surface area contributed by atoms with Crippen LogP contribution in [0.3, 0.4) is 0 Å². The third-order valence-electron chi connectivity index (χ3n) is 4.85. The summed E-state index contributed by atoms with van der Waals surface area (Å²) in [4.78, 5) is 7.09. The minimum Gasteiger partial charge on any atom is -0.486 e. The number of nitrogens with one attached hydrogen (secondary N) is 1. The number of thiophene rings is 1. The Bertz CT molecular complexity index is 1390. The molecule has 2 heterocycles. The van der Waals surface area contributed by atoms with Gasteiger partial charge in [-0.15, -0.1) is 22.7 Å². The van der Waals surface area contributed by atoms with E-state index in [4.69, 9.17) is 21.9 Å². The molecule has 164 valence electrons. The molecule has 0 spiro atoms. The van der Waals surface area contributed by atoms with E-state index in [1.807, 2.05) is 36.6 Å². The lowest BCUT2D eigenvalue weighted by Crippen LogP contribution is -2.14. The van der Waals surface area contributed by atoms with Crippen LogP contribution in [0.1, 0.15) is 15.3 Å². The first kappa shape index (κ1) is 22.6. The lowest BCUT2D eigenvalue weighted by molar-refractivity contribution is 0.417. The van der Waals surface area contributed by atoms with E-state index in [1.54, 1.807) is 67.0 Å². The van der Waals surface area contributed by atoms with Crippen molar-refractivity contribution < 1.29 is 13.2 Å². The fourth-order valence-corrected chi connectivity index (χ4v) is 6.60. The molecule has 5 nitrogen and oxygen atoms in total. The van der Waals surface area contributed by atoms with Crippen LogP contribution in [-0.4, -0.2) is 25.6 Å². The highest BCUT2D eigenvalue weighted by atomic mass is 32.2. The molecule has 0 bridgehead atoms. The van der Waals surface area contributed by atoms with Crippen LogP contribution < -0.4 is 4.72 Å². The van der Waals surface area contributed by atoms with Gasteiger partial charge in [-0.25, -0.2) is 13.4 Å². The van der Waals surface area contributed by atoms with Crippen LogP contribution in [0.4, 0.5) is 5.69 Å². The van der Waals surface area contributed by atoms with E-state index in [0.717, 1.165) is 31.6 Å². The first-order chi connectivity index (χ1) is 15.3. The third kappa shape index (κ3) is 4.61. The number of benzene rings is 2. The van der Waals surface area contributed by atoms with Crippen LogP contribution >= 0.6 is 34.9 Å². The van der Waals surface area contributed by atoms with Crippen molar-refractivity contribution in [1.82, 2.24) is 4.98 Å². The summed E-state index contributed by atoms with van der Waals surface area (Å²) in [7, 11) is -2.08. The second-order valence-corrected chi connectivity index (χ2v) is 11.2. The number of aromatic nitrogens is 1. The van der Waals surface area contributed by atoms with Crippen LogP contribution in [0.5, 0.6) is 0 Å². The number of ether oxygens (including phenoxy) is 1. The Hall–Kier alpha value is -2.59. The molecule has 4 rings (SSSR count). The second kappa shape index (κ2) is 9.11. The zero-order valence-corrected chi connectivity index (χ0v) is 20.8. The van der Waals surface area contributed by atoms with Crippen LogP contribution in [-0.2, 0) is 14.8 Å². The van der Waals surface area contributed by atoms with Crippen LogP contribution in [0.2, 0.25) is 0 Å². The zero-order chi connectivity index (χ0) is 22.9. The molecule has 0 fully saturated rings. The van der Waals surface area contributed by atoms with Crippen LogP contribution in [0.15, 0.2) is 64.9 Å². The Morgan fingerprint density at radius 3 is 2.50 bits per heavy atom. The standard InChI is InChI=1S/C23H20N2O3S4/c1-14-6-4-5-7-21(14)32(26,27)25-17-10-8-16(9-11-17)19-13-30-22(24-19)18-12-20(23(29)28-3)31-15(18)2/h4-13,25H,1-3H3. The molecule has 2 aromatic heterocycles. The van der Waals surface area contributed by atoms with Gasteiger partial charge >= 0.3 is 0 Å². The Labute approximate surface area is 200 Å². The van der Waals surface area contributed by atoms with E-state index in [-0.39, 0.29) is 4.90 Å². The predicted molar refractivity (Wildman–Crippen MR) is 136 cm³/mol. The summed E-state index contributed by atoms with van der Waals surface area (Å²) < 4.78 is 33.2. The fourth-order valence-electron chi connectivity index (χ4n) is 3.20. The van der Waals surface area contributed by atoms with Gasteiger partial charge in [-0.1, -0.05) is 30.3 Å². The maximum atomic E-state index is 12.7. The van der Waals surface area contributed by atoms with E-state index >= 15 is 0 Å². The highest BCUT2D eigenvalue weighted by Crippen LogP contribution is 2.35. The second-order valence-electron chi connectivity index (χ2n) is 7.06. The fraction of sp³-hybridized carbons (Fsp3) is 0.130. The molecule has 0 amide bonds. The number of methoxy groups -OCH3 is 1.